The molecule has 1 atom stereocenters. The molecule has 0 aromatic rings. The molecule has 0 bridgehead atoms. The van der Waals surface area contributed by atoms with Gasteiger partial charge in [0.05, 0.1) is 8.86 Å². The Morgan fingerprint density at radius 3 is 1.48 bits per heavy atom. The van der Waals surface area contributed by atoms with Gasteiger partial charge in [0, 0.05) is 11.8 Å². The largest absolute Gasteiger partial charge is 0.290 e. The van der Waals surface area contributed by atoms with Gasteiger partial charge in [0.2, 0.25) is 5.78 Å². The van der Waals surface area contributed by atoms with Gasteiger partial charge in [0.1, 0.15) is 0 Å². The maximum atomic E-state index is 13.1. The normalized spacial score (nSPS) is 11.6. The fraction of sp³-hybridized carbons (Fsp3) is 0.895. The van der Waals surface area contributed by atoms with E-state index >= 15 is 0 Å². The van der Waals surface area contributed by atoms with Crippen LogP contribution in [0.1, 0.15) is 105 Å². The second-order valence-electron chi connectivity index (χ2n) is 6.55. The van der Waals surface area contributed by atoms with Crippen LogP contribution >= 0.6 is 8.86 Å². The lowest BCUT2D eigenvalue weighted by molar-refractivity contribution is -0.123. The van der Waals surface area contributed by atoms with Gasteiger partial charge in [-0.15, -0.1) is 0 Å². The lowest BCUT2D eigenvalue weighted by atomic mass is 9.70. The third-order valence-corrected chi connectivity index (χ3v) is 5.15. The number of carbonyl (C=O) groups is 1. The van der Waals surface area contributed by atoms with E-state index < -0.39 is 0 Å². The maximum Gasteiger partial charge on any atom is 0.206 e. The van der Waals surface area contributed by atoms with Crippen LogP contribution in [-0.4, -0.2) is 11.1 Å². The van der Waals surface area contributed by atoms with Crippen LogP contribution in [0, 0.1) is 5.41 Å². The highest BCUT2D eigenvalue weighted by Gasteiger charge is 2.39. The zero-order valence-electron chi connectivity index (χ0n) is 15.0. The fourth-order valence-electron chi connectivity index (χ4n) is 3.08. The van der Waals surface area contributed by atoms with Gasteiger partial charge in [-0.2, -0.15) is 0 Å². The second kappa shape index (κ2) is 12.4. The van der Waals surface area contributed by atoms with E-state index in [-0.39, 0.29) is 5.41 Å². The molecule has 124 valence electrons. The van der Waals surface area contributed by atoms with Crippen molar-refractivity contribution in [3.8, 4) is 0 Å². The summed E-state index contributed by atoms with van der Waals surface area (Å²) in [7, 11) is 2.77. The Kier molecular flexibility index (Phi) is 12.3. The van der Waals surface area contributed by atoms with Crippen molar-refractivity contribution in [2.75, 3.05) is 0 Å². The molecule has 0 aromatic heterocycles. The molecule has 2 heteroatoms. The minimum absolute atomic E-state index is 0.0626. The summed E-state index contributed by atoms with van der Waals surface area (Å²) in [6.45, 7) is 8.90. The molecule has 0 aromatic carbocycles. The standard InChI is InChI=1S/C19H37OP/c1-5-9-13-17(21)18(20)19(14-10-6-2,15-11-7-3)16-12-8-4/h21H,5-16H2,1-4H3/p+1. The van der Waals surface area contributed by atoms with Crippen molar-refractivity contribution in [3.63, 3.8) is 0 Å². The summed E-state index contributed by atoms with van der Waals surface area (Å²) in [5, 5.41) is 1.06. The number of hydrogen-bond acceptors (Lipinski definition) is 1. The highest BCUT2D eigenvalue weighted by Crippen LogP contribution is 2.38. The molecule has 0 aliphatic carbocycles. The number of carbonyl (C=O) groups excluding carboxylic acids is 1. The smallest absolute Gasteiger partial charge is 0.206 e. The quantitative estimate of drug-likeness (QED) is 0.341. The van der Waals surface area contributed by atoms with Crippen LogP contribution < -0.4 is 0 Å². The van der Waals surface area contributed by atoms with Crippen LogP contribution in [0.25, 0.3) is 0 Å². The molecule has 0 aliphatic rings. The van der Waals surface area contributed by atoms with Gasteiger partial charge in [0.15, 0.2) is 5.29 Å². The molecule has 0 rings (SSSR count). The van der Waals surface area contributed by atoms with Gasteiger partial charge in [-0.25, -0.2) is 0 Å². The van der Waals surface area contributed by atoms with Crippen molar-refractivity contribution in [1.82, 2.24) is 0 Å². The second-order valence-corrected chi connectivity index (χ2v) is 7.25. The molecule has 0 fully saturated rings. The van der Waals surface area contributed by atoms with Crippen molar-refractivity contribution in [1.29, 1.82) is 0 Å². The molecular weight excluding hydrogens is 275 g/mol. The van der Waals surface area contributed by atoms with E-state index in [9.17, 15) is 4.79 Å². The van der Waals surface area contributed by atoms with E-state index in [2.05, 4.69) is 36.6 Å². The van der Waals surface area contributed by atoms with E-state index in [1.807, 2.05) is 0 Å². The first-order chi connectivity index (χ1) is 10.1. The molecular formula is C19H38OP+. The molecule has 0 heterocycles. The van der Waals surface area contributed by atoms with E-state index in [1.54, 1.807) is 0 Å². The van der Waals surface area contributed by atoms with Crippen molar-refractivity contribution in [2.24, 2.45) is 5.41 Å². The van der Waals surface area contributed by atoms with Gasteiger partial charge in [-0.3, -0.25) is 4.79 Å². The van der Waals surface area contributed by atoms with Gasteiger partial charge >= 0.3 is 0 Å². The molecule has 0 radical (unpaired) electrons. The van der Waals surface area contributed by atoms with Crippen LogP contribution in [0.5, 0.6) is 0 Å². The average Bonchev–Trinajstić information content (AvgIpc) is 2.51. The molecule has 0 N–H and O–H groups in total. The number of rotatable bonds is 14. The first-order valence-electron chi connectivity index (χ1n) is 9.24. The van der Waals surface area contributed by atoms with Crippen molar-refractivity contribution < 1.29 is 4.79 Å². The first kappa shape index (κ1) is 20.8. The minimum atomic E-state index is -0.0626. The Labute approximate surface area is 135 Å². The van der Waals surface area contributed by atoms with Crippen LogP contribution in [0.3, 0.4) is 0 Å². The minimum Gasteiger partial charge on any atom is -0.290 e. The maximum absolute atomic E-state index is 13.1. The lowest BCUT2D eigenvalue weighted by Gasteiger charge is -2.32. The van der Waals surface area contributed by atoms with Gasteiger partial charge < -0.3 is 0 Å². The first-order valence-corrected chi connectivity index (χ1v) is 9.81. The van der Waals surface area contributed by atoms with E-state index in [1.165, 1.54) is 38.5 Å². The van der Waals surface area contributed by atoms with E-state index in [4.69, 9.17) is 0 Å². The number of unbranched alkanes of at least 4 members (excludes halogenated alkanes) is 4. The van der Waals surface area contributed by atoms with Crippen molar-refractivity contribution in [3.05, 3.63) is 0 Å². The van der Waals surface area contributed by atoms with Crippen LogP contribution in [0.4, 0.5) is 0 Å². The monoisotopic (exact) mass is 313 g/mol. The molecule has 0 spiro atoms. The van der Waals surface area contributed by atoms with Crippen LogP contribution in [0.15, 0.2) is 0 Å². The molecule has 0 amide bonds. The number of Topliss-reactive ketones (excluding diaryl/α,β-unsaturated/α-hetero) is 1. The summed E-state index contributed by atoms with van der Waals surface area (Å²) in [5.74, 6) is 0.469. The van der Waals surface area contributed by atoms with Crippen molar-refractivity contribution in [2.45, 2.75) is 105 Å². The summed E-state index contributed by atoms with van der Waals surface area (Å²) in [6.07, 6.45) is 13.7. The molecule has 1 unspecified atom stereocenters. The third-order valence-electron chi connectivity index (χ3n) is 4.60. The third kappa shape index (κ3) is 7.59. The SMILES string of the molecule is CCCCC(=[PH2+])C(=O)C(CCCC)(CCCC)CCCC. The Bertz CT molecular complexity index is 274. The molecule has 0 aliphatic heterocycles. The Balaban J connectivity index is 5.07. The fourth-order valence-corrected chi connectivity index (χ4v) is 3.59. The van der Waals surface area contributed by atoms with E-state index in [0.29, 0.717) is 5.78 Å². The molecule has 1 nitrogen and oxygen atoms in total. The average molecular weight is 313 g/mol. The number of hydrogen-bond donors (Lipinski definition) is 0. The van der Waals surface area contributed by atoms with Gasteiger partial charge in [-0.1, -0.05) is 72.6 Å². The Morgan fingerprint density at radius 1 is 0.762 bits per heavy atom. The van der Waals surface area contributed by atoms with Gasteiger partial charge in [0.25, 0.3) is 0 Å². The Morgan fingerprint density at radius 2 is 1.14 bits per heavy atom. The number of ketones is 1. The van der Waals surface area contributed by atoms with E-state index in [0.717, 1.165) is 43.8 Å². The van der Waals surface area contributed by atoms with Crippen LogP contribution in [0.2, 0.25) is 0 Å². The summed E-state index contributed by atoms with van der Waals surface area (Å²) < 4.78 is 0. The zero-order valence-corrected chi connectivity index (χ0v) is 16.1. The topological polar surface area (TPSA) is 17.1 Å². The molecule has 0 saturated carbocycles. The summed E-state index contributed by atoms with van der Waals surface area (Å²) in [4.78, 5) is 13.1. The summed E-state index contributed by atoms with van der Waals surface area (Å²) in [6, 6.07) is 0. The predicted octanol–water partition coefficient (Wildman–Crippen LogP) is 6.35. The zero-order chi connectivity index (χ0) is 16.1. The predicted molar refractivity (Wildman–Crippen MR) is 100 cm³/mol. The highest BCUT2D eigenvalue weighted by molar-refractivity contribution is 7.25. The molecule has 0 saturated heterocycles. The van der Waals surface area contributed by atoms with Crippen LogP contribution in [-0.2, 0) is 4.79 Å². The summed E-state index contributed by atoms with van der Waals surface area (Å²) >= 11 is 0. The highest BCUT2D eigenvalue weighted by atomic mass is 31.0. The van der Waals surface area contributed by atoms with Gasteiger partial charge in [-0.05, 0) is 25.7 Å². The van der Waals surface area contributed by atoms with Crippen molar-refractivity contribution >= 4 is 19.9 Å². The summed E-state index contributed by atoms with van der Waals surface area (Å²) in [5.41, 5.74) is -0.0626. The molecule has 21 heavy (non-hydrogen) atoms. The Hall–Kier alpha value is -0.160. The lowest BCUT2D eigenvalue weighted by Crippen LogP contribution is -2.36.